The summed E-state index contributed by atoms with van der Waals surface area (Å²) in [5, 5.41) is 9.34. The minimum Gasteiger partial charge on any atom is -0.394 e. The molecule has 2 atom stereocenters. The largest absolute Gasteiger partial charge is 0.394 e. The summed E-state index contributed by atoms with van der Waals surface area (Å²) in [5.74, 6) is 2.10. The minimum absolute atomic E-state index is 0.00889. The van der Waals surface area contributed by atoms with Gasteiger partial charge in [0, 0.05) is 17.5 Å². The fraction of sp³-hybridized carbons (Fsp3) is 0.733. The van der Waals surface area contributed by atoms with E-state index in [2.05, 4.69) is 37.6 Å². The fourth-order valence-corrected chi connectivity index (χ4v) is 2.36. The molecule has 3 N–H and O–H groups in total. The summed E-state index contributed by atoms with van der Waals surface area (Å²) >= 11 is 0. The van der Waals surface area contributed by atoms with Gasteiger partial charge in [-0.15, -0.1) is 0 Å². The average molecular weight is 294 g/mol. The fourth-order valence-electron chi connectivity index (χ4n) is 2.36. The van der Waals surface area contributed by atoms with Crippen LogP contribution >= 0.6 is 0 Å². The Kier molecular flexibility index (Phi) is 4.39. The van der Waals surface area contributed by atoms with Crippen molar-refractivity contribution in [1.82, 2.24) is 9.97 Å². The maximum atomic E-state index is 9.34. The second-order valence-corrected chi connectivity index (χ2v) is 6.77. The van der Waals surface area contributed by atoms with Gasteiger partial charge in [-0.25, -0.2) is 9.97 Å². The van der Waals surface area contributed by atoms with Crippen LogP contribution in [0.25, 0.3) is 0 Å². The highest BCUT2D eigenvalue weighted by Gasteiger charge is 2.30. The Bertz CT molecular complexity index is 513. The van der Waals surface area contributed by atoms with Gasteiger partial charge in [-0.2, -0.15) is 0 Å². The average Bonchev–Trinajstić information content (AvgIpc) is 2.41. The van der Waals surface area contributed by atoms with Crippen molar-refractivity contribution in [2.45, 2.75) is 52.2 Å². The Morgan fingerprint density at radius 1 is 1.38 bits per heavy atom. The normalized spacial score (nSPS) is 23.4. The molecule has 118 valence electrons. The van der Waals surface area contributed by atoms with Crippen LogP contribution in [0.2, 0.25) is 0 Å². The first-order chi connectivity index (χ1) is 9.74. The molecule has 0 aromatic carbocycles. The van der Waals surface area contributed by atoms with E-state index in [-0.39, 0.29) is 24.2 Å². The minimum atomic E-state index is -0.185. The van der Waals surface area contributed by atoms with Gasteiger partial charge < -0.3 is 20.5 Å². The summed E-state index contributed by atoms with van der Waals surface area (Å²) in [6.45, 7) is 11.4. The van der Waals surface area contributed by atoms with Crippen molar-refractivity contribution in [1.29, 1.82) is 0 Å². The second kappa shape index (κ2) is 5.77. The van der Waals surface area contributed by atoms with Crippen LogP contribution < -0.4 is 10.6 Å². The van der Waals surface area contributed by atoms with Crippen molar-refractivity contribution < 1.29 is 9.84 Å². The predicted molar refractivity (Wildman–Crippen MR) is 83.5 cm³/mol. The molecule has 1 fully saturated rings. The smallest absolute Gasteiger partial charge is 0.138 e. The van der Waals surface area contributed by atoms with Crippen molar-refractivity contribution in [2.24, 2.45) is 0 Å². The summed E-state index contributed by atoms with van der Waals surface area (Å²) < 4.78 is 5.59. The van der Waals surface area contributed by atoms with E-state index in [1.165, 1.54) is 0 Å². The molecule has 6 heteroatoms. The molecule has 2 rings (SSSR count). The Morgan fingerprint density at radius 2 is 2.05 bits per heavy atom. The van der Waals surface area contributed by atoms with Crippen LogP contribution in [0.3, 0.4) is 0 Å². The first-order valence-electron chi connectivity index (χ1n) is 7.37. The molecule has 2 unspecified atom stereocenters. The van der Waals surface area contributed by atoms with Gasteiger partial charge in [0.05, 0.1) is 25.4 Å². The zero-order valence-corrected chi connectivity index (χ0v) is 13.6. The lowest BCUT2D eigenvalue weighted by Gasteiger charge is -2.39. The van der Waals surface area contributed by atoms with Gasteiger partial charge in [0.25, 0.3) is 0 Å². The molecule has 1 aromatic heterocycles. The van der Waals surface area contributed by atoms with E-state index in [1.807, 2.05) is 6.92 Å². The van der Waals surface area contributed by atoms with Crippen molar-refractivity contribution in [3.63, 3.8) is 0 Å². The number of nitrogen functional groups attached to an aromatic ring is 1. The Balaban J connectivity index is 2.44. The number of rotatable bonds is 2. The highest BCUT2D eigenvalue weighted by Crippen LogP contribution is 2.29. The van der Waals surface area contributed by atoms with Crippen LogP contribution in [-0.4, -0.2) is 47.0 Å². The predicted octanol–water partition coefficient (Wildman–Crippen LogP) is 1.25. The van der Waals surface area contributed by atoms with Gasteiger partial charge in [-0.05, 0) is 13.8 Å². The summed E-state index contributed by atoms with van der Waals surface area (Å²) in [6.07, 6.45) is -0.185. The van der Waals surface area contributed by atoms with Gasteiger partial charge >= 0.3 is 0 Å². The molecule has 6 nitrogen and oxygen atoms in total. The van der Waals surface area contributed by atoms with Crippen LogP contribution in [0.1, 0.15) is 39.1 Å². The summed E-state index contributed by atoms with van der Waals surface area (Å²) in [5.41, 5.74) is 6.80. The molecule has 0 aliphatic carbocycles. The second-order valence-electron chi connectivity index (χ2n) is 6.77. The van der Waals surface area contributed by atoms with Gasteiger partial charge in [0.2, 0.25) is 0 Å². The molecular weight excluding hydrogens is 268 g/mol. The SMILES string of the molecule is Cc1c(N)nc(C(C)(C)C)nc1N1CC(CO)OCC1C. The molecular formula is C15H26N4O2. The van der Waals surface area contributed by atoms with Gasteiger partial charge in [-0.3, -0.25) is 0 Å². The van der Waals surface area contributed by atoms with Crippen LogP contribution in [0.15, 0.2) is 0 Å². The first-order valence-corrected chi connectivity index (χ1v) is 7.37. The molecule has 21 heavy (non-hydrogen) atoms. The third-order valence-corrected chi connectivity index (χ3v) is 3.81. The van der Waals surface area contributed by atoms with E-state index in [1.54, 1.807) is 0 Å². The monoisotopic (exact) mass is 294 g/mol. The zero-order chi connectivity index (χ0) is 15.8. The topological polar surface area (TPSA) is 84.5 Å². The molecule has 0 spiro atoms. The van der Waals surface area contributed by atoms with Gasteiger partial charge in [0.15, 0.2) is 0 Å². The molecule has 1 aliphatic heterocycles. The number of ether oxygens (including phenoxy) is 1. The Hall–Kier alpha value is -1.40. The van der Waals surface area contributed by atoms with Crippen molar-refractivity contribution in [2.75, 3.05) is 30.4 Å². The molecule has 0 amide bonds. The van der Waals surface area contributed by atoms with E-state index in [0.29, 0.717) is 19.0 Å². The third-order valence-electron chi connectivity index (χ3n) is 3.81. The molecule has 0 radical (unpaired) electrons. The van der Waals surface area contributed by atoms with E-state index in [0.717, 1.165) is 17.2 Å². The zero-order valence-electron chi connectivity index (χ0n) is 13.6. The van der Waals surface area contributed by atoms with Crippen LogP contribution in [-0.2, 0) is 10.2 Å². The molecule has 0 bridgehead atoms. The van der Waals surface area contributed by atoms with Crippen LogP contribution in [0.4, 0.5) is 11.6 Å². The molecule has 0 saturated carbocycles. The number of aliphatic hydroxyl groups is 1. The number of aromatic nitrogens is 2. The number of nitrogens with two attached hydrogens (primary N) is 1. The van der Waals surface area contributed by atoms with E-state index in [4.69, 9.17) is 15.5 Å². The highest BCUT2D eigenvalue weighted by atomic mass is 16.5. The number of morpholine rings is 1. The maximum absolute atomic E-state index is 9.34. The molecule has 1 aromatic rings. The van der Waals surface area contributed by atoms with Crippen molar-refractivity contribution in [3.05, 3.63) is 11.4 Å². The van der Waals surface area contributed by atoms with Gasteiger partial charge in [0.1, 0.15) is 17.5 Å². The lowest BCUT2D eigenvalue weighted by molar-refractivity contribution is -0.0106. The van der Waals surface area contributed by atoms with Crippen LogP contribution in [0.5, 0.6) is 0 Å². The summed E-state index contributed by atoms with van der Waals surface area (Å²) in [7, 11) is 0. The van der Waals surface area contributed by atoms with Crippen molar-refractivity contribution in [3.8, 4) is 0 Å². The number of nitrogens with zero attached hydrogens (tertiary/aromatic N) is 3. The van der Waals surface area contributed by atoms with Gasteiger partial charge in [-0.1, -0.05) is 20.8 Å². The maximum Gasteiger partial charge on any atom is 0.138 e. The summed E-state index contributed by atoms with van der Waals surface area (Å²) in [6, 6.07) is 0.189. The first kappa shape index (κ1) is 16.0. The lowest BCUT2D eigenvalue weighted by atomic mass is 9.95. The van der Waals surface area contributed by atoms with Crippen molar-refractivity contribution >= 4 is 11.6 Å². The highest BCUT2D eigenvalue weighted by molar-refractivity contribution is 5.57. The van der Waals surface area contributed by atoms with Crippen LogP contribution in [0, 0.1) is 6.92 Å². The number of aliphatic hydroxyl groups excluding tert-OH is 1. The summed E-state index contributed by atoms with van der Waals surface area (Å²) in [4.78, 5) is 11.3. The Labute approximate surface area is 126 Å². The van der Waals surface area contributed by atoms with E-state index in [9.17, 15) is 5.11 Å². The quantitative estimate of drug-likeness (QED) is 0.854. The van der Waals surface area contributed by atoms with E-state index < -0.39 is 0 Å². The molecule has 2 heterocycles. The standard InChI is InChI=1S/C15H26N4O2/c1-9-8-21-11(7-20)6-19(9)13-10(2)12(16)17-14(18-13)15(3,4)5/h9,11,20H,6-8H2,1-5H3,(H2,16,17,18). The number of anilines is 2. The third kappa shape index (κ3) is 3.27. The van der Waals surface area contributed by atoms with E-state index >= 15 is 0 Å². The number of hydrogen-bond acceptors (Lipinski definition) is 6. The Morgan fingerprint density at radius 3 is 2.62 bits per heavy atom. The number of hydrogen-bond donors (Lipinski definition) is 2. The lowest BCUT2D eigenvalue weighted by Crippen LogP contribution is -2.50. The molecule has 1 aliphatic rings. The molecule has 1 saturated heterocycles.